The number of hydrogen-bond donors (Lipinski definition) is 3. The third kappa shape index (κ3) is 2.73. The van der Waals surface area contributed by atoms with Crippen molar-refractivity contribution < 1.29 is 4.74 Å². The maximum Gasteiger partial charge on any atom is 0.143 e. The third-order valence-electron chi connectivity index (χ3n) is 2.54. The van der Waals surface area contributed by atoms with Crippen molar-refractivity contribution in [2.45, 2.75) is 0 Å². The Balaban J connectivity index is 2.39. The minimum Gasteiger partial charge on any atom is -0.495 e. The van der Waals surface area contributed by atoms with Crippen LogP contribution in [0.4, 0.5) is 17.2 Å². The van der Waals surface area contributed by atoms with Crippen LogP contribution in [0.25, 0.3) is 0 Å². The van der Waals surface area contributed by atoms with Gasteiger partial charge in [0.15, 0.2) is 0 Å². The van der Waals surface area contributed by atoms with E-state index in [0.717, 1.165) is 5.69 Å². The molecule has 1 heterocycles. The van der Waals surface area contributed by atoms with Crippen LogP contribution in [0.2, 0.25) is 0 Å². The molecule has 0 spiro atoms. The molecule has 4 N–H and O–H groups in total. The van der Waals surface area contributed by atoms with Gasteiger partial charge in [-0.3, -0.25) is 0 Å². The Hall–Kier alpha value is -2.78. The second-order valence-electron chi connectivity index (χ2n) is 3.69. The number of hydrogen-bond acceptors (Lipinski definition) is 6. The van der Waals surface area contributed by atoms with Gasteiger partial charge in [-0.2, -0.15) is 5.26 Å². The van der Waals surface area contributed by atoms with Gasteiger partial charge in [0.2, 0.25) is 0 Å². The normalized spacial score (nSPS) is 9.53. The summed E-state index contributed by atoms with van der Waals surface area (Å²) in [6.45, 7) is 0. The molecule has 0 aliphatic carbocycles. The summed E-state index contributed by atoms with van der Waals surface area (Å²) in [6.07, 6.45) is 1.61. The molecule has 0 aliphatic rings. The van der Waals surface area contributed by atoms with Crippen molar-refractivity contribution >= 4 is 17.2 Å². The van der Waals surface area contributed by atoms with Crippen molar-refractivity contribution in [1.29, 1.82) is 5.26 Å². The van der Waals surface area contributed by atoms with Crippen LogP contribution in [0.3, 0.4) is 0 Å². The Morgan fingerprint density at radius 2 is 2.21 bits per heavy atom. The summed E-state index contributed by atoms with van der Waals surface area (Å²) in [6, 6.07) is 10.9. The van der Waals surface area contributed by atoms with Gasteiger partial charge in [-0.1, -0.05) is 6.07 Å². The molecule has 2 aromatic rings. The molecule has 0 aliphatic heterocycles. The lowest BCUT2D eigenvalue weighted by Gasteiger charge is -2.13. The van der Waals surface area contributed by atoms with Crippen molar-refractivity contribution in [3.63, 3.8) is 0 Å². The fourth-order valence-electron chi connectivity index (χ4n) is 1.65. The lowest BCUT2D eigenvalue weighted by molar-refractivity contribution is 0.416. The number of nitrogens with two attached hydrogens (primary N) is 1. The zero-order chi connectivity index (χ0) is 13.7. The van der Waals surface area contributed by atoms with Crippen LogP contribution in [0.5, 0.6) is 5.75 Å². The van der Waals surface area contributed by atoms with Gasteiger partial charge >= 0.3 is 0 Å². The van der Waals surface area contributed by atoms with Gasteiger partial charge in [-0.25, -0.2) is 10.8 Å². The molecular formula is C13H13N5O. The number of ether oxygens (including phenoxy) is 1. The third-order valence-corrected chi connectivity index (χ3v) is 2.54. The number of nitrogens with one attached hydrogen (secondary N) is 2. The summed E-state index contributed by atoms with van der Waals surface area (Å²) in [5.41, 5.74) is 4.33. The van der Waals surface area contributed by atoms with Gasteiger partial charge < -0.3 is 15.5 Å². The zero-order valence-corrected chi connectivity index (χ0v) is 10.3. The summed E-state index contributed by atoms with van der Waals surface area (Å²) >= 11 is 0. The molecule has 0 bridgehead atoms. The molecule has 2 rings (SSSR count). The molecule has 96 valence electrons. The molecule has 0 unspecified atom stereocenters. The minimum atomic E-state index is 0.499. The average molecular weight is 255 g/mol. The van der Waals surface area contributed by atoms with Gasteiger partial charge in [0.25, 0.3) is 0 Å². The largest absolute Gasteiger partial charge is 0.495 e. The summed E-state index contributed by atoms with van der Waals surface area (Å²) in [5, 5.41) is 12.3. The van der Waals surface area contributed by atoms with Crippen molar-refractivity contribution in [2.24, 2.45) is 5.84 Å². The quantitative estimate of drug-likeness (QED) is 0.571. The van der Waals surface area contributed by atoms with Gasteiger partial charge in [0.05, 0.1) is 18.4 Å². The second-order valence-corrected chi connectivity index (χ2v) is 3.69. The maximum absolute atomic E-state index is 9.13. The molecule has 1 aromatic carbocycles. The predicted octanol–water partition coefficient (Wildman–Crippen LogP) is 1.99. The van der Waals surface area contributed by atoms with Gasteiger partial charge in [-0.15, -0.1) is 0 Å². The van der Waals surface area contributed by atoms with Crippen molar-refractivity contribution in [1.82, 2.24) is 4.98 Å². The van der Waals surface area contributed by atoms with E-state index in [-0.39, 0.29) is 0 Å². The highest BCUT2D eigenvalue weighted by atomic mass is 16.5. The summed E-state index contributed by atoms with van der Waals surface area (Å²) in [4.78, 5) is 4.01. The van der Waals surface area contributed by atoms with Crippen LogP contribution in [0.15, 0.2) is 36.5 Å². The van der Waals surface area contributed by atoms with E-state index >= 15 is 0 Å². The fraction of sp³-hybridized carbons (Fsp3) is 0.0769. The molecule has 0 atom stereocenters. The second kappa shape index (κ2) is 5.71. The Bertz CT molecular complexity index is 621. The number of para-hydroxylation sites is 1. The number of nitrogens with zero attached hydrogens (tertiary/aromatic N) is 2. The molecule has 0 fully saturated rings. The molecule has 19 heavy (non-hydrogen) atoms. The number of nitriles is 1. The number of anilines is 3. The molecule has 1 aromatic heterocycles. The minimum absolute atomic E-state index is 0.499. The van der Waals surface area contributed by atoms with Gasteiger partial charge in [0.1, 0.15) is 17.6 Å². The highest BCUT2D eigenvalue weighted by molar-refractivity contribution is 5.73. The fourth-order valence-corrected chi connectivity index (χ4v) is 1.65. The molecule has 0 radical (unpaired) electrons. The Kier molecular flexibility index (Phi) is 3.81. The number of aromatic nitrogens is 1. The first-order chi connectivity index (χ1) is 9.28. The Morgan fingerprint density at radius 1 is 1.37 bits per heavy atom. The number of pyridine rings is 1. The van der Waals surface area contributed by atoms with Crippen LogP contribution in [-0.2, 0) is 0 Å². The van der Waals surface area contributed by atoms with E-state index in [1.54, 1.807) is 43.6 Å². The van der Waals surface area contributed by atoms with Crippen LogP contribution in [-0.4, -0.2) is 12.1 Å². The molecule has 0 amide bonds. The predicted molar refractivity (Wildman–Crippen MR) is 73.0 cm³/mol. The smallest absolute Gasteiger partial charge is 0.143 e. The average Bonchev–Trinajstić information content (AvgIpc) is 2.47. The summed E-state index contributed by atoms with van der Waals surface area (Å²) in [5.74, 6) is 6.43. The lowest BCUT2D eigenvalue weighted by Crippen LogP contribution is -2.08. The Morgan fingerprint density at radius 3 is 2.89 bits per heavy atom. The molecule has 0 saturated carbocycles. The van der Waals surface area contributed by atoms with Crippen molar-refractivity contribution in [3.8, 4) is 11.8 Å². The van der Waals surface area contributed by atoms with Crippen LogP contribution >= 0.6 is 0 Å². The van der Waals surface area contributed by atoms with Crippen LogP contribution < -0.4 is 21.3 Å². The van der Waals surface area contributed by atoms with E-state index in [9.17, 15) is 0 Å². The summed E-state index contributed by atoms with van der Waals surface area (Å²) in [7, 11) is 1.56. The van der Waals surface area contributed by atoms with Gasteiger partial charge in [-0.05, 0) is 18.2 Å². The molecule has 0 saturated heterocycles. The highest BCUT2D eigenvalue weighted by Crippen LogP contribution is 2.31. The number of nitrogen functional groups attached to an aromatic ring is 1. The number of methoxy groups -OCH3 is 1. The first kappa shape index (κ1) is 12.7. The monoisotopic (exact) mass is 255 g/mol. The Labute approximate surface area is 110 Å². The van der Waals surface area contributed by atoms with E-state index in [1.165, 1.54) is 0 Å². The van der Waals surface area contributed by atoms with Gasteiger partial charge in [0, 0.05) is 18.0 Å². The van der Waals surface area contributed by atoms with E-state index in [1.807, 2.05) is 0 Å². The number of hydrazine groups is 1. The first-order valence-corrected chi connectivity index (χ1v) is 5.55. The molecular weight excluding hydrogens is 242 g/mol. The first-order valence-electron chi connectivity index (χ1n) is 5.55. The molecule has 6 nitrogen and oxygen atoms in total. The van der Waals surface area contributed by atoms with Crippen LogP contribution in [0.1, 0.15) is 5.56 Å². The lowest BCUT2D eigenvalue weighted by atomic mass is 10.1. The van der Waals surface area contributed by atoms with E-state index in [4.69, 9.17) is 15.8 Å². The standard InChI is InChI=1S/C13H13N5O/c1-19-11-4-2-3-9(8-14)13(11)17-10-5-6-16-12(7-10)18-15/h2-7H,15H2,1H3,(H2,16,17,18). The summed E-state index contributed by atoms with van der Waals surface area (Å²) < 4.78 is 5.25. The number of benzene rings is 1. The topological polar surface area (TPSA) is 96.0 Å². The SMILES string of the molecule is COc1cccc(C#N)c1Nc1ccnc(NN)c1. The van der Waals surface area contributed by atoms with E-state index in [0.29, 0.717) is 22.8 Å². The maximum atomic E-state index is 9.13. The highest BCUT2D eigenvalue weighted by Gasteiger charge is 2.09. The van der Waals surface area contributed by atoms with Crippen molar-refractivity contribution in [3.05, 3.63) is 42.1 Å². The zero-order valence-electron chi connectivity index (χ0n) is 10.3. The van der Waals surface area contributed by atoms with E-state index in [2.05, 4.69) is 21.8 Å². The van der Waals surface area contributed by atoms with Crippen LogP contribution in [0, 0.1) is 11.3 Å². The van der Waals surface area contributed by atoms with E-state index < -0.39 is 0 Å². The van der Waals surface area contributed by atoms with Crippen molar-refractivity contribution in [2.75, 3.05) is 17.9 Å². The molecule has 6 heteroatoms. The number of rotatable bonds is 4.